The number of carbonyl (C=O) groups excluding carboxylic acids is 2. The van der Waals surface area contributed by atoms with Crippen molar-refractivity contribution >= 4 is 34.5 Å². The van der Waals surface area contributed by atoms with Crippen molar-refractivity contribution in [3.63, 3.8) is 0 Å². The van der Waals surface area contributed by atoms with Gasteiger partial charge in [0.05, 0.1) is 36.1 Å². The van der Waals surface area contributed by atoms with E-state index in [0.29, 0.717) is 53.6 Å². The first-order chi connectivity index (χ1) is 17.0. The monoisotopic (exact) mass is 500 g/mol. The van der Waals surface area contributed by atoms with Gasteiger partial charge in [-0.3, -0.25) is 19.0 Å². The predicted molar refractivity (Wildman–Crippen MR) is 136 cm³/mol. The summed E-state index contributed by atoms with van der Waals surface area (Å²) in [5.74, 6) is 0.496. The molecule has 0 bridgehead atoms. The summed E-state index contributed by atoms with van der Waals surface area (Å²) in [7, 11) is 1.56. The Morgan fingerprint density at radius 1 is 1.20 bits per heavy atom. The number of benzene rings is 1. The zero-order valence-corrected chi connectivity index (χ0v) is 21.2. The molecule has 1 N–H and O–H groups in total. The summed E-state index contributed by atoms with van der Waals surface area (Å²) < 4.78 is 11.9. The molecule has 0 aliphatic heterocycles. The molecular formula is C25H32N4O5S. The number of fused-ring (bicyclic) bond motifs is 1. The molecule has 2 amide bonds. The van der Waals surface area contributed by atoms with Crippen LogP contribution in [0.5, 0.6) is 0 Å². The normalized spacial score (nSPS) is 11.1. The van der Waals surface area contributed by atoms with Crippen molar-refractivity contribution in [2.24, 2.45) is 0 Å². The molecule has 10 heteroatoms. The molecule has 2 heterocycles. The van der Waals surface area contributed by atoms with Crippen molar-refractivity contribution in [2.75, 3.05) is 39.1 Å². The van der Waals surface area contributed by atoms with Crippen LogP contribution in [0.15, 0.2) is 51.0 Å². The van der Waals surface area contributed by atoms with Gasteiger partial charge in [0.15, 0.2) is 5.16 Å². The van der Waals surface area contributed by atoms with E-state index in [2.05, 4.69) is 10.3 Å². The van der Waals surface area contributed by atoms with Gasteiger partial charge in [-0.1, -0.05) is 25.6 Å². The van der Waals surface area contributed by atoms with E-state index in [1.807, 2.05) is 18.7 Å². The summed E-state index contributed by atoms with van der Waals surface area (Å²) in [5, 5.41) is 3.56. The molecule has 0 unspecified atom stereocenters. The maximum atomic E-state index is 13.4. The fraction of sp³-hybridized carbons (Fsp3) is 0.440. The molecule has 0 aliphatic rings. The van der Waals surface area contributed by atoms with Crippen molar-refractivity contribution in [1.29, 1.82) is 0 Å². The summed E-state index contributed by atoms with van der Waals surface area (Å²) in [5.41, 5.74) is 0.541. The minimum Gasteiger partial charge on any atom is -0.467 e. The number of nitrogens with zero attached hydrogens (tertiary/aromatic N) is 3. The Bertz CT molecular complexity index is 1190. The van der Waals surface area contributed by atoms with Crippen LogP contribution in [-0.2, 0) is 16.1 Å². The molecule has 0 aliphatic carbocycles. The Morgan fingerprint density at radius 3 is 2.63 bits per heavy atom. The smallest absolute Gasteiger partial charge is 0.262 e. The lowest BCUT2D eigenvalue weighted by molar-refractivity contribution is -0.128. The van der Waals surface area contributed by atoms with E-state index in [-0.39, 0.29) is 29.7 Å². The number of thioether (sulfide) groups is 1. The molecule has 3 aromatic rings. The summed E-state index contributed by atoms with van der Waals surface area (Å²) in [6, 6.07) is 8.36. The van der Waals surface area contributed by atoms with E-state index < -0.39 is 0 Å². The SMILES string of the molecule is CCCN(CCC)C(=O)CSc1nc2cc(C(=O)NCCOC)ccc2c(=O)n1Cc1ccco1. The molecule has 2 aromatic heterocycles. The average Bonchev–Trinajstić information content (AvgIpc) is 3.37. The second-order valence-electron chi connectivity index (χ2n) is 8.02. The number of hydrogen-bond acceptors (Lipinski definition) is 7. The van der Waals surface area contributed by atoms with Gasteiger partial charge in [-0.05, 0) is 43.2 Å². The largest absolute Gasteiger partial charge is 0.467 e. The number of methoxy groups -OCH3 is 1. The number of hydrogen-bond donors (Lipinski definition) is 1. The molecule has 35 heavy (non-hydrogen) atoms. The van der Waals surface area contributed by atoms with Crippen LogP contribution in [0.2, 0.25) is 0 Å². The number of furan rings is 1. The quantitative estimate of drug-likeness (QED) is 0.218. The number of rotatable bonds is 13. The highest BCUT2D eigenvalue weighted by atomic mass is 32.2. The van der Waals surface area contributed by atoms with E-state index in [1.54, 1.807) is 43.7 Å². The average molecular weight is 501 g/mol. The van der Waals surface area contributed by atoms with Crippen LogP contribution in [0.3, 0.4) is 0 Å². The van der Waals surface area contributed by atoms with Crippen molar-refractivity contribution in [2.45, 2.75) is 38.4 Å². The highest BCUT2D eigenvalue weighted by molar-refractivity contribution is 7.99. The van der Waals surface area contributed by atoms with E-state index in [0.717, 1.165) is 12.8 Å². The molecule has 1 aromatic carbocycles. The van der Waals surface area contributed by atoms with Gasteiger partial charge in [-0.15, -0.1) is 0 Å². The third kappa shape index (κ3) is 6.95. The fourth-order valence-electron chi connectivity index (χ4n) is 3.64. The number of ether oxygens (including phenoxy) is 1. The molecule has 0 radical (unpaired) electrons. The highest BCUT2D eigenvalue weighted by Gasteiger charge is 2.18. The molecule has 0 saturated carbocycles. The van der Waals surface area contributed by atoms with Gasteiger partial charge in [0, 0.05) is 32.3 Å². The molecule has 3 rings (SSSR count). The first kappa shape index (κ1) is 26.5. The van der Waals surface area contributed by atoms with Crippen LogP contribution < -0.4 is 10.9 Å². The van der Waals surface area contributed by atoms with Gasteiger partial charge in [0.25, 0.3) is 11.5 Å². The predicted octanol–water partition coefficient (Wildman–Crippen LogP) is 3.15. The van der Waals surface area contributed by atoms with Crippen LogP contribution in [0, 0.1) is 0 Å². The lowest BCUT2D eigenvalue weighted by Crippen LogP contribution is -2.34. The second-order valence-corrected chi connectivity index (χ2v) is 8.96. The summed E-state index contributed by atoms with van der Waals surface area (Å²) in [6.45, 7) is 6.43. The van der Waals surface area contributed by atoms with Crippen molar-refractivity contribution < 1.29 is 18.7 Å². The summed E-state index contributed by atoms with van der Waals surface area (Å²) >= 11 is 1.22. The minimum absolute atomic E-state index is 0.00358. The van der Waals surface area contributed by atoms with Gasteiger partial charge in [-0.2, -0.15) is 0 Å². The maximum absolute atomic E-state index is 13.4. The van der Waals surface area contributed by atoms with Gasteiger partial charge >= 0.3 is 0 Å². The third-order valence-corrected chi connectivity index (χ3v) is 6.29. The molecular weight excluding hydrogens is 468 g/mol. The second kappa shape index (κ2) is 13.1. The zero-order valence-electron chi connectivity index (χ0n) is 20.4. The molecule has 188 valence electrons. The number of amides is 2. The van der Waals surface area contributed by atoms with E-state index >= 15 is 0 Å². The van der Waals surface area contributed by atoms with Gasteiger partial charge in [-0.25, -0.2) is 4.98 Å². The standard InChI is InChI=1S/C25H32N4O5S/c1-4-11-28(12-5-2)22(30)17-35-25-27-21-15-18(23(31)26-10-14-33-3)8-9-20(21)24(32)29(25)16-19-7-6-13-34-19/h6-9,13,15H,4-5,10-12,14,16-17H2,1-3H3,(H,26,31). The number of nitrogens with one attached hydrogen (secondary N) is 1. The van der Waals surface area contributed by atoms with Crippen LogP contribution in [0.4, 0.5) is 0 Å². The van der Waals surface area contributed by atoms with Gasteiger partial charge in [0.2, 0.25) is 5.91 Å². The van der Waals surface area contributed by atoms with Crippen LogP contribution in [0.1, 0.15) is 42.8 Å². The Labute approximate surface area is 208 Å². The van der Waals surface area contributed by atoms with E-state index in [4.69, 9.17) is 9.15 Å². The first-order valence-electron chi connectivity index (χ1n) is 11.7. The van der Waals surface area contributed by atoms with Crippen molar-refractivity contribution in [3.05, 3.63) is 58.3 Å². The number of carbonyl (C=O) groups is 2. The Kier molecular flexibility index (Phi) is 9.92. The topological polar surface area (TPSA) is 107 Å². The zero-order chi connectivity index (χ0) is 25.2. The lowest BCUT2D eigenvalue weighted by atomic mass is 10.1. The van der Waals surface area contributed by atoms with Crippen LogP contribution in [0.25, 0.3) is 10.9 Å². The molecule has 0 atom stereocenters. The molecule has 0 spiro atoms. The Balaban J connectivity index is 1.94. The van der Waals surface area contributed by atoms with Gasteiger partial charge < -0.3 is 19.4 Å². The Morgan fingerprint density at radius 2 is 1.97 bits per heavy atom. The molecule has 0 fully saturated rings. The first-order valence-corrected chi connectivity index (χ1v) is 12.7. The van der Waals surface area contributed by atoms with Crippen LogP contribution in [-0.4, -0.2) is 65.4 Å². The van der Waals surface area contributed by atoms with E-state index in [1.165, 1.54) is 16.3 Å². The Hall–Kier alpha value is -3.11. The third-order valence-electron chi connectivity index (χ3n) is 5.33. The summed E-state index contributed by atoms with van der Waals surface area (Å²) in [4.78, 5) is 45.3. The highest BCUT2D eigenvalue weighted by Crippen LogP contribution is 2.21. The van der Waals surface area contributed by atoms with Crippen molar-refractivity contribution in [1.82, 2.24) is 19.8 Å². The fourth-order valence-corrected chi connectivity index (χ4v) is 4.54. The lowest BCUT2D eigenvalue weighted by Gasteiger charge is -2.21. The van der Waals surface area contributed by atoms with Gasteiger partial charge in [0.1, 0.15) is 5.76 Å². The van der Waals surface area contributed by atoms with Crippen LogP contribution >= 0.6 is 11.8 Å². The van der Waals surface area contributed by atoms with E-state index in [9.17, 15) is 14.4 Å². The molecule has 0 saturated heterocycles. The summed E-state index contributed by atoms with van der Waals surface area (Å²) in [6.07, 6.45) is 3.30. The minimum atomic E-state index is -0.273. The number of aromatic nitrogens is 2. The molecule has 9 nitrogen and oxygen atoms in total. The van der Waals surface area contributed by atoms with Crippen molar-refractivity contribution in [3.8, 4) is 0 Å². The maximum Gasteiger partial charge on any atom is 0.262 e.